The number of hydrogen-bond acceptors (Lipinski definition) is 4. The topological polar surface area (TPSA) is 63.8 Å². The van der Waals surface area contributed by atoms with E-state index in [0.29, 0.717) is 12.4 Å². The molecule has 1 aromatic heterocycles. The number of tetrazole rings is 1. The first-order valence-electron chi connectivity index (χ1n) is 5.23. The Labute approximate surface area is 93.7 Å². The minimum Gasteiger partial charge on any atom is -0.396 e. The van der Waals surface area contributed by atoms with Crippen molar-refractivity contribution in [1.82, 2.24) is 20.2 Å². The second-order valence-electron chi connectivity index (χ2n) is 3.82. The molecule has 0 aliphatic carbocycles. The molecule has 2 rings (SSSR count). The van der Waals surface area contributed by atoms with Crippen molar-refractivity contribution in [3.8, 4) is 11.4 Å². The third-order valence-electron chi connectivity index (χ3n) is 2.27. The lowest BCUT2D eigenvalue weighted by Gasteiger charge is -2.04. The molecule has 1 N–H and O–H groups in total. The molecule has 5 heteroatoms. The fourth-order valence-electron chi connectivity index (χ4n) is 1.36. The molecule has 16 heavy (non-hydrogen) atoms. The minimum atomic E-state index is 0.127. The second-order valence-corrected chi connectivity index (χ2v) is 3.82. The van der Waals surface area contributed by atoms with E-state index < -0.39 is 0 Å². The van der Waals surface area contributed by atoms with Crippen molar-refractivity contribution >= 4 is 0 Å². The van der Waals surface area contributed by atoms with Crippen LogP contribution in [0.4, 0.5) is 0 Å². The molecule has 1 atom stereocenters. The molecular formula is C11H14N4O. The molecule has 0 aliphatic rings. The van der Waals surface area contributed by atoms with Crippen LogP contribution in [0.1, 0.15) is 6.92 Å². The molecular weight excluding hydrogens is 204 g/mol. The van der Waals surface area contributed by atoms with E-state index in [1.54, 1.807) is 0 Å². The largest absolute Gasteiger partial charge is 0.396 e. The lowest BCUT2D eigenvalue weighted by atomic mass is 10.2. The third-order valence-corrected chi connectivity index (χ3v) is 2.27. The van der Waals surface area contributed by atoms with Crippen LogP contribution in [0.15, 0.2) is 30.3 Å². The predicted octanol–water partition coefficient (Wildman–Crippen LogP) is 0.968. The summed E-state index contributed by atoms with van der Waals surface area (Å²) in [6.07, 6.45) is 0. The lowest BCUT2D eigenvalue weighted by molar-refractivity contribution is 0.213. The molecule has 5 nitrogen and oxygen atoms in total. The van der Waals surface area contributed by atoms with Gasteiger partial charge < -0.3 is 5.11 Å². The van der Waals surface area contributed by atoms with Crippen LogP contribution in [-0.2, 0) is 6.54 Å². The van der Waals surface area contributed by atoms with Crippen molar-refractivity contribution in [2.45, 2.75) is 13.5 Å². The fourth-order valence-corrected chi connectivity index (χ4v) is 1.36. The molecule has 0 fully saturated rings. The van der Waals surface area contributed by atoms with Gasteiger partial charge in [0.25, 0.3) is 0 Å². The van der Waals surface area contributed by atoms with Gasteiger partial charge in [-0.3, -0.25) is 0 Å². The summed E-state index contributed by atoms with van der Waals surface area (Å²) in [5, 5.41) is 21.1. The van der Waals surface area contributed by atoms with Crippen molar-refractivity contribution < 1.29 is 5.11 Å². The van der Waals surface area contributed by atoms with Gasteiger partial charge in [0, 0.05) is 18.1 Å². The van der Waals surface area contributed by atoms with Crippen LogP contribution in [0.2, 0.25) is 0 Å². The lowest BCUT2D eigenvalue weighted by Crippen LogP contribution is -2.13. The van der Waals surface area contributed by atoms with Crippen LogP contribution in [0.5, 0.6) is 0 Å². The van der Waals surface area contributed by atoms with Crippen LogP contribution in [-0.4, -0.2) is 31.9 Å². The Bertz CT molecular complexity index is 440. The van der Waals surface area contributed by atoms with Gasteiger partial charge in [-0.2, -0.15) is 4.80 Å². The first-order valence-corrected chi connectivity index (χ1v) is 5.23. The van der Waals surface area contributed by atoms with E-state index >= 15 is 0 Å². The molecule has 0 radical (unpaired) electrons. The van der Waals surface area contributed by atoms with Crippen LogP contribution in [0.3, 0.4) is 0 Å². The quantitative estimate of drug-likeness (QED) is 0.830. The normalized spacial score (nSPS) is 12.6. The van der Waals surface area contributed by atoms with Crippen molar-refractivity contribution in [1.29, 1.82) is 0 Å². The summed E-state index contributed by atoms with van der Waals surface area (Å²) >= 11 is 0. The zero-order valence-electron chi connectivity index (χ0n) is 9.11. The first kappa shape index (κ1) is 10.8. The van der Waals surface area contributed by atoms with E-state index in [-0.39, 0.29) is 12.5 Å². The van der Waals surface area contributed by atoms with E-state index in [9.17, 15) is 0 Å². The van der Waals surface area contributed by atoms with Gasteiger partial charge >= 0.3 is 0 Å². The predicted molar refractivity (Wildman–Crippen MR) is 59.5 cm³/mol. The molecule has 0 bridgehead atoms. The molecule has 1 unspecified atom stereocenters. The Morgan fingerprint density at radius 2 is 2.06 bits per heavy atom. The Balaban J connectivity index is 2.14. The molecule has 2 aromatic rings. The van der Waals surface area contributed by atoms with Gasteiger partial charge in [-0.05, 0) is 5.21 Å². The Morgan fingerprint density at radius 3 is 2.75 bits per heavy atom. The van der Waals surface area contributed by atoms with Gasteiger partial charge in [0.1, 0.15) is 0 Å². The molecule has 0 aliphatic heterocycles. The average molecular weight is 218 g/mol. The van der Waals surface area contributed by atoms with E-state index in [1.807, 2.05) is 37.3 Å². The van der Waals surface area contributed by atoms with E-state index in [1.165, 1.54) is 4.80 Å². The number of rotatable bonds is 4. The monoisotopic (exact) mass is 218 g/mol. The van der Waals surface area contributed by atoms with Gasteiger partial charge in [-0.1, -0.05) is 37.3 Å². The number of benzene rings is 1. The van der Waals surface area contributed by atoms with Gasteiger partial charge in [0.15, 0.2) is 0 Å². The molecule has 0 saturated heterocycles. The Morgan fingerprint density at radius 1 is 1.31 bits per heavy atom. The Kier molecular flexibility index (Phi) is 3.26. The summed E-state index contributed by atoms with van der Waals surface area (Å²) in [6.45, 7) is 2.64. The van der Waals surface area contributed by atoms with Crippen LogP contribution in [0, 0.1) is 5.92 Å². The number of nitrogens with zero attached hydrogens (tertiary/aromatic N) is 4. The zero-order valence-corrected chi connectivity index (χ0v) is 9.11. The van der Waals surface area contributed by atoms with Gasteiger partial charge in [-0.15, -0.1) is 10.2 Å². The Hall–Kier alpha value is -1.75. The van der Waals surface area contributed by atoms with E-state index in [0.717, 1.165) is 5.56 Å². The van der Waals surface area contributed by atoms with Gasteiger partial charge in [-0.25, -0.2) is 0 Å². The number of aliphatic hydroxyl groups is 1. The van der Waals surface area contributed by atoms with Crippen LogP contribution >= 0.6 is 0 Å². The van der Waals surface area contributed by atoms with Crippen molar-refractivity contribution in [3.63, 3.8) is 0 Å². The molecule has 84 valence electrons. The number of aromatic nitrogens is 4. The maximum absolute atomic E-state index is 8.93. The smallest absolute Gasteiger partial charge is 0.204 e. The standard InChI is InChI=1S/C11H14N4O/c1-9(8-16)7-15-13-11(12-14-15)10-5-3-2-4-6-10/h2-6,9,16H,7-8H2,1H3. The maximum Gasteiger partial charge on any atom is 0.204 e. The highest BCUT2D eigenvalue weighted by molar-refractivity contribution is 5.52. The molecule has 0 saturated carbocycles. The summed E-state index contributed by atoms with van der Waals surface area (Å²) in [5.74, 6) is 0.753. The minimum absolute atomic E-state index is 0.127. The summed E-state index contributed by atoms with van der Waals surface area (Å²) in [4.78, 5) is 1.52. The first-order chi connectivity index (χ1) is 7.79. The van der Waals surface area contributed by atoms with Gasteiger partial charge in [0.2, 0.25) is 5.82 Å². The number of aliphatic hydroxyl groups excluding tert-OH is 1. The maximum atomic E-state index is 8.93. The highest BCUT2D eigenvalue weighted by Crippen LogP contribution is 2.12. The van der Waals surface area contributed by atoms with Crippen LogP contribution in [0.25, 0.3) is 11.4 Å². The van der Waals surface area contributed by atoms with Gasteiger partial charge in [0.05, 0.1) is 6.54 Å². The summed E-state index contributed by atoms with van der Waals surface area (Å²) in [6, 6.07) is 9.70. The SMILES string of the molecule is CC(CO)Cn1nnc(-c2ccccc2)n1. The third kappa shape index (κ3) is 2.43. The summed E-state index contributed by atoms with van der Waals surface area (Å²) < 4.78 is 0. The van der Waals surface area contributed by atoms with E-state index in [4.69, 9.17) is 5.11 Å². The average Bonchev–Trinajstić information content (AvgIpc) is 2.78. The summed E-state index contributed by atoms with van der Waals surface area (Å²) in [5.41, 5.74) is 0.949. The molecule has 1 aromatic carbocycles. The molecule has 0 amide bonds. The van der Waals surface area contributed by atoms with Crippen molar-refractivity contribution in [3.05, 3.63) is 30.3 Å². The zero-order chi connectivity index (χ0) is 11.4. The van der Waals surface area contributed by atoms with Crippen LogP contribution < -0.4 is 0 Å². The van der Waals surface area contributed by atoms with Crippen molar-refractivity contribution in [2.75, 3.05) is 6.61 Å². The van der Waals surface area contributed by atoms with E-state index in [2.05, 4.69) is 15.4 Å². The fraction of sp³-hybridized carbons (Fsp3) is 0.364. The second kappa shape index (κ2) is 4.85. The number of hydrogen-bond donors (Lipinski definition) is 1. The highest BCUT2D eigenvalue weighted by atomic mass is 16.3. The summed E-state index contributed by atoms with van der Waals surface area (Å²) in [7, 11) is 0. The molecule has 1 heterocycles. The highest BCUT2D eigenvalue weighted by Gasteiger charge is 2.07. The van der Waals surface area contributed by atoms with Crippen molar-refractivity contribution in [2.24, 2.45) is 5.92 Å². The molecule has 0 spiro atoms.